The molecule has 0 heterocycles. The van der Waals surface area contributed by atoms with Crippen LogP contribution in [-0.2, 0) is 6.54 Å². The number of hydrogen-bond acceptors (Lipinski definition) is 3. The quantitative estimate of drug-likeness (QED) is 0.508. The van der Waals surface area contributed by atoms with Crippen LogP contribution in [-0.4, -0.2) is 13.2 Å². The third kappa shape index (κ3) is 5.06. The van der Waals surface area contributed by atoms with E-state index in [2.05, 4.69) is 34.0 Å². The average molecular weight is 466 g/mol. The van der Waals surface area contributed by atoms with Crippen LogP contribution in [0.4, 0.5) is 5.69 Å². The molecular formula is C17H18Cl2INO2. The van der Waals surface area contributed by atoms with Crippen LogP contribution < -0.4 is 14.8 Å². The summed E-state index contributed by atoms with van der Waals surface area (Å²) < 4.78 is 12.4. The van der Waals surface area contributed by atoms with E-state index in [1.165, 1.54) is 0 Å². The van der Waals surface area contributed by atoms with Crippen molar-refractivity contribution in [1.29, 1.82) is 0 Å². The Hall–Kier alpha value is -0.850. The first-order chi connectivity index (χ1) is 11.0. The molecule has 0 atom stereocenters. The van der Waals surface area contributed by atoms with Crippen molar-refractivity contribution in [1.82, 2.24) is 0 Å². The Balaban J connectivity index is 2.19. The smallest absolute Gasteiger partial charge is 0.174 e. The number of rotatable bonds is 7. The van der Waals surface area contributed by atoms with Crippen LogP contribution >= 0.6 is 45.8 Å². The Morgan fingerprint density at radius 3 is 2.43 bits per heavy atom. The monoisotopic (exact) mass is 465 g/mol. The maximum Gasteiger partial charge on any atom is 0.174 e. The molecule has 3 nitrogen and oxygen atoms in total. The lowest BCUT2D eigenvalue weighted by Gasteiger charge is -2.15. The standard InChI is InChI=1S/C17H18Cl2INO2/c1-3-22-16-8-11(7-14(20)17(16)23-4-2)10-21-15-6-5-12(18)9-13(15)19/h5-9,21H,3-4,10H2,1-2H3. The van der Waals surface area contributed by atoms with Gasteiger partial charge in [-0.15, -0.1) is 0 Å². The molecule has 23 heavy (non-hydrogen) atoms. The summed E-state index contributed by atoms with van der Waals surface area (Å²) in [6, 6.07) is 9.47. The molecule has 0 spiro atoms. The molecule has 1 N–H and O–H groups in total. The molecule has 0 aliphatic carbocycles. The van der Waals surface area contributed by atoms with Gasteiger partial charge >= 0.3 is 0 Å². The SMILES string of the molecule is CCOc1cc(CNc2ccc(Cl)cc2Cl)cc(I)c1OCC. The summed E-state index contributed by atoms with van der Waals surface area (Å²) >= 11 is 14.4. The largest absolute Gasteiger partial charge is 0.490 e. The van der Waals surface area contributed by atoms with E-state index in [1.807, 2.05) is 32.0 Å². The van der Waals surface area contributed by atoms with Crippen molar-refractivity contribution >= 4 is 51.5 Å². The highest BCUT2D eigenvalue weighted by molar-refractivity contribution is 14.1. The Morgan fingerprint density at radius 2 is 1.78 bits per heavy atom. The molecule has 0 amide bonds. The Labute approximate surface area is 160 Å². The first-order valence-electron chi connectivity index (χ1n) is 7.32. The molecule has 0 unspecified atom stereocenters. The van der Waals surface area contributed by atoms with Gasteiger partial charge in [-0.3, -0.25) is 0 Å². The Morgan fingerprint density at radius 1 is 1.04 bits per heavy atom. The maximum atomic E-state index is 6.18. The third-order valence-electron chi connectivity index (χ3n) is 3.07. The molecular weight excluding hydrogens is 448 g/mol. The van der Waals surface area contributed by atoms with Gasteiger partial charge in [0.2, 0.25) is 0 Å². The molecule has 124 valence electrons. The van der Waals surface area contributed by atoms with Crippen LogP contribution in [0.1, 0.15) is 19.4 Å². The number of benzene rings is 2. The van der Waals surface area contributed by atoms with Crippen LogP contribution in [0.25, 0.3) is 0 Å². The minimum absolute atomic E-state index is 0.593. The van der Waals surface area contributed by atoms with Crippen LogP contribution in [0.5, 0.6) is 11.5 Å². The lowest BCUT2D eigenvalue weighted by molar-refractivity contribution is 0.286. The first kappa shape index (κ1) is 18.5. The van der Waals surface area contributed by atoms with Gasteiger partial charge in [-0.05, 0) is 72.3 Å². The van der Waals surface area contributed by atoms with Crippen molar-refractivity contribution in [3.8, 4) is 11.5 Å². The van der Waals surface area contributed by atoms with E-state index in [1.54, 1.807) is 6.07 Å². The first-order valence-corrected chi connectivity index (χ1v) is 9.15. The zero-order valence-electron chi connectivity index (χ0n) is 13.0. The van der Waals surface area contributed by atoms with Crippen molar-refractivity contribution in [2.75, 3.05) is 18.5 Å². The summed E-state index contributed by atoms with van der Waals surface area (Å²) in [5.41, 5.74) is 1.94. The normalized spacial score (nSPS) is 10.5. The number of halogens is 3. The molecule has 0 aromatic heterocycles. The van der Waals surface area contributed by atoms with Gasteiger partial charge in [-0.25, -0.2) is 0 Å². The van der Waals surface area contributed by atoms with Crippen molar-refractivity contribution in [3.05, 3.63) is 49.5 Å². The highest BCUT2D eigenvalue weighted by Crippen LogP contribution is 2.35. The molecule has 0 aliphatic heterocycles. The summed E-state index contributed by atoms with van der Waals surface area (Å²) in [7, 11) is 0. The van der Waals surface area contributed by atoms with E-state index in [0.29, 0.717) is 29.8 Å². The summed E-state index contributed by atoms with van der Waals surface area (Å²) in [6.45, 7) is 5.75. The van der Waals surface area contributed by atoms with Crippen LogP contribution in [0.3, 0.4) is 0 Å². The van der Waals surface area contributed by atoms with Gasteiger partial charge in [0.15, 0.2) is 11.5 Å². The van der Waals surface area contributed by atoms with Crippen molar-refractivity contribution in [2.45, 2.75) is 20.4 Å². The highest BCUT2D eigenvalue weighted by Gasteiger charge is 2.12. The summed E-state index contributed by atoms with van der Waals surface area (Å²) in [6.07, 6.45) is 0. The van der Waals surface area contributed by atoms with Crippen LogP contribution in [0, 0.1) is 3.57 Å². The molecule has 0 saturated carbocycles. The van der Waals surface area contributed by atoms with E-state index in [4.69, 9.17) is 32.7 Å². The van der Waals surface area contributed by atoms with Gasteiger partial charge in [0.1, 0.15) is 0 Å². The Kier molecular flexibility index (Phi) is 7.11. The minimum atomic E-state index is 0.593. The fraction of sp³-hybridized carbons (Fsp3) is 0.294. The molecule has 0 bridgehead atoms. The Bertz CT molecular complexity index is 680. The van der Waals surface area contributed by atoms with Crippen LogP contribution in [0.15, 0.2) is 30.3 Å². The number of ether oxygens (including phenoxy) is 2. The van der Waals surface area contributed by atoms with Gasteiger partial charge in [-0.1, -0.05) is 23.2 Å². The maximum absolute atomic E-state index is 6.18. The predicted octanol–water partition coefficient (Wildman–Crippen LogP) is 6.01. The summed E-state index contributed by atoms with van der Waals surface area (Å²) in [5, 5.41) is 4.53. The average Bonchev–Trinajstić information content (AvgIpc) is 2.50. The van der Waals surface area contributed by atoms with Crippen LogP contribution in [0.2, 0.25) is 10.0 Å². The topological polar surface area (TPSA) is 30.5 Å². The zero-order valence-corrected chi connectivity index (χ0v) is 16.6. The van der Waals surface area contributed by atoms with Gasteiger partial charge in [0, 0.05) is 11.6 Å². The predicted molar refractivity (Wildman–Crippen MR) is 105 cm³/mol. The van der Waals surface area contributed by atoms with Gasteiger partial charge in [0.25, 0.3) is 0 Å². The number of nitrogens with one attached hydrogen (secondary N) is 1. The number of anilines is 1. The number of hydrogen-bond donors (Lipinski definition) is 1. The van der Waals surface area contributed by atoms with Crippen molar-refractivity contribution in [2.24, 2.45) is 0 Å². The molecule has 2 aromatic carbocycles. The van der Waals surface area contributed by atoms with Gasteiger partial charge in [-0.2, -0.15) is 0 Å². The summed E-state index contributed by atoms with van der Waals surface area (Å²) in [5.74, 6) is 1.56. The van der Waals surface area contributed by atoms with E-state index >= 15 is 0 Å². The fourth-order valence-corrected chi connectivity index (χ4v) is 3.40. The minimum Gasteiger partial charge on any atom is -0.490 e. The molecule has 0 radical (unpaired) electrons. The second-order valence-corrected chi connectivity index (χ2v) is 6.75. The molecule has 6 heteroatoms. The van der Waals surface area contributed by atoms with E-state index in [9.17, 15) is 0 Å². The van der Waals surface area contributed by atoms with Crippen molar-refractivity contribution in [3.63, 3.8) is 0 Å². The molecule has 2 aromatic rings. The highest BCUT2D eigenvalue weighted by atomic mass is 127. The lowest BCUT2D eigenvalue weighted by Crippen LogP contribution is -2.04. The van der Waals surface area contributed by atoms with Crippen molar-refractivity contribution < 1.29 is 9.47 Å². The molecule has 0 fully saturated rings. The second kappa shape index (κ2) is 8.85. The molecule has 2 rings (SSSR count). The van der Waals surface area contributed by atoms with E-state index in [-0.39, 0.29) is 0 Å². The fourth-order valence-electron chi connectivity index (χ4n) is 2.10. The van der Waals surface area contributed by atoms with Gasteiger partial charge in [0.05, 0.1) is 27.5 Å². The van der Waals surface area contributed by atoms with E-state index in [0.717, 1.165) is 26.3 Å². The molecule has 0 aliphatic rings. The summed E-state index contributed by atoms with van der Waals surface area (Å²) in [4.78, 5) is 0. The zero-order chi connectivity index (χ0) is 16.8. The second-order valence-electron chi connectivity index (χ2n) is 4.75. The lowest BCUT2D eigenvalue weighted by atomic mass is 10.2. The third-order valence-corrected chi connectivity index (χ3v) is 4.42. The molecule has 0 saturated heterocycles. The van der Waals surface area contributed by atoms with E-state index < -0.39 is 0 Å². The van der Waals surface area contributed by atoms with Gasteiger partial charge < -0.3 is 14.8 Å².